The van der Waals surface area contributed by atoms with Crippen LogP contribution in [0.3, 0.4) is 0 Å². The highest BCUT2D eigenvalue weighted by Crippen LogP contribution is 2.19. The summed E-state index contributed by atoms with van der Waals surface area (Å²) in [6.07, 6.45) is 3.15. The lowest BCUT2D eigenvalue weighted by Gasteiger charge is -2.06. The Balaban J connectivity index is 2.77. The molecule has 0 atom stereocenters. The van der Waals surface area contributed by atoms with Gasteiger partial charge in [0.15, 0.2) is 0 Å². The Kier molecular flexibility index (Phi) is 3.32. The third-order valence-corrected chi connectivity index (χ3v) is 1.20. The van der Waals surface area contributed by atoms with Gasteiger partial charge in [0.25, 0.3) is 11.8 Å². The average molecular weight is 168 g/mol. The highest BCUT2D eigenvalue weighted by molar-refractivity contribution is 5.23. The summed E-state index contributed by atoms with van der Waals surface area (Å²) < 4.78 is 10.4. The van der Waals surface area contributed by atoms with Crippen LogP contribution in [0.15, 0.2) is 12.4 Å². The Morgan fingerprint density at radius 3 is 1.75 bits per heavy atom. The van der Waals surface area contributed by atoms with Gasteiger partial charge in [0.05, 0.1) is 13.2 Å². The number of aromatic nitrogens is 2. The van der Waals surface area contributed by atoms with E-state index in [2.05, 4.69) is 9.97 Å². The number of hydrogen-bond donors (Lipinski definition) is 0. The van der Waals surface area contributed by atoms with E-state index in [1.54, 1.807) is 12.4 Å². The van der Waals surface area contributed by atoms with Crippen LogP contribution in [0, 0.1) is 0 Å². The SMILES string of the molecule is CCOc1nccnc1OCC. The van der Waals surface area contributed by atoms with Gasteiger partial charge in [-0.15, -0.1) is 0 Å². The molecule has 1 aromatic rings. The molecule has 0 radical (unpaired) electrons. The van der Waals surface area contributed by atoms with Gasteiger partial charge in [0.1, 0.15) is 0 Å². The van der Waals surface area contributed by atoms with Gasteiger partial charge in [0.2, 0.25) is 0 Å². The van der Waals surface area contributed by atoms with Crippen LogP contribution in [0.5, 0.6) is 11.8 Å². The van der Waals surface area contributed by atoms with Crippen LogP contribution in [0.25, 0.3) is 0 Å². The second kappa shape index (κ2) is 4.54. The van der Waals surface area contributed by atoms with Crippen molar-refractivity contribution >= 4 is 0 Å². The lowest BCUT2D eigenvalue weighted by atomic mass is 10.6. The maximum absolute atomic E-state index is 5.19. The summed E-state index contributed by atoms with van der Waals surface area (Å²) in [4.78, 5) is 7.95. The number of hydrogen-bond acceptors (Lipinski definition) is 4. The molecule has 0 aliphatic rings. The molecule has 0 saturated heterocycles. The van der Waals surface area contributed by atoms with Crippen LogP contribution in [0.1, 0.15) is 13.8 Å². The molecule has 0 aromatic carbocycles. The first-order valence-electron chi connectivity index (χ1n) is 3.95. The minimum atomic E-state index is 0.460. The van der Waals surface area contributed by atoms with Gasteiger partial charge in [-0.3, -0.25) is 0 Å². The van der Waals surface area contributed by atoms with E-state index in [0.29, 0.717) is 25.0 Å². The monoisotopic (exact) mass is 168 g/mol. The molecule has 0 fully saturated rings. The molecule has 0 N–H and O–H groups in total. The number of rotatable bonds is 4. The summed E-state index contributed by atoms with van der Waals surface area (Å²) >= 11 is 0. The molecule has 0 bridgehead atoms. The minimum absolute atomic E-state index is 0.460. The zero-order chi connectivity index (χ0) is 8.81. The topological polar surface area (TPSA) is 44.2 Å². The summed E-state index contributed by atoms with van der Waals surface area (Å²) in [5, 5.41) is 0. The van der Waals surface area contributed by atoms with Crippen LogP contribution in [-0.2, 0) is 0 Å². The van der Waals surface area contributed by atoms with E-state index in [4.69, 9.17) is 9.47 Å². The third-order valence-electron chi connectivity index (χ3n) is 1.20. The fourth-order valence-electron chi connectivity index (χ4n) is 0.784. The molecule has 0 aliphatic heterocycles. The molecule has 0 saturated carbocycles. The second-order valence-electron chi connectivity index (χ2n) is 2.03. The van der Waals surface area contributed by atoms with Crippen LogP contribution in [0.2, 0.25) is 0 Å². The molecule has 66 valence electrons. The quantitative estimate of drug-likeness (QED) is 0.679. The maximum atomic E-state index is 5.19. The van der Waals surface area contributed by atoms with Crippen molar-refractivity contribution in [3.8, 4) is 11.8 Å². The lowest BCUT2D eigenvalue weighted by Crippen LogP contribution is -2.01. The molecule has 0 aliphatic carbocycles. The molecule has 0 unspecified atom stereocenters. The molecule has 1 heterocycles. The number of ether oxygens (including phenoxy) is 2. The zero-order valence-corrected chi connectivity index (χ0v) is 7.28. The lowest BCUT2D eigenvalue weighted by molar-refractivity contribution is 0.268. The highest BCUT2D eigenvalue weighted by Gasteiger charge is 2.04. The molecular weight excluding hydrogens is 156 g/mol. The smallest absolute Gasteiger partial charge is 0.278 e. The van der Waals surface area contributed by atoms with Gasteiger partial charge in [-0.2, -0.15) is 0 Å². The van der Waals surface area contributed by atoms with E-state index in [1.807, 2.05) is 13.8 Å². The fraction of sp³-hybridized carbons (Fsp3) is 0.500. The van der Waals surface area contributed by atoms with E-state index < -0.39 is 0 Å². The first-order chi connectivity index (χ1) is 5.88. The van der Waals surface area contributed by atoms with Crippen LogP contribution in [0.4, 0.5) is 0 Å². The molecular formula is C8H12N2O2. The maximum Gasteiger partial charge on any atom is 0.278 e. The van der Waals surface area contributed by atoms with Crippen molar-refractivity contribution in [3.05, 3.63) is 12.4 Å². The minimum Gasteiger partial charge on any atom is -0.474 e. The van der Waals surface area contributed by atoms with Crippen molar-refractivity contribution in [2.75, 3.05) is 13.2 Å². The van der Waals surface area contributed by atoms with Crippen molar-refractivity contribution in [3.63, 3.8) is 0 Å². The van der Waals surface area contributed by atoms with Crippen molar-refractivity contribution in [1.82, 2.24) is 9.97 Å². The van der Waals surface area contributed by atoms with Crippen molar-refractivity contribution in [2.24, 2.45) is 0 Å². The Morgan fingerprint density at radius 2 is 1.42 bits per heavy atom. The average Bonchev–Trinajstić information content (AvgIpc) is 2.09. The first-order valence-corrected chi connectivity index (χ1v) is 3.95. The van der Waals surface area contributed by atoms with E-state index >= 15 is 0 Å². The molecule has 4 nitrogen and oxygen atoms in total. The first kappa shape index (κ1) is 8.77. The predicted molar refractivity (Wildman–Crippen MR) is 44.4 cm³/mol. The van der Waals surface area contributed by atoms with Crippen LogP contribution < -0.4 is 9.47 Å². The standard InChI is InChI=1S/C8H12N2O2/c1-3-11-7-8(12-4-2)10-6-5-9-7/h5-6H,3-4H2,1-2H3. The van der Waals surface area contributed by atoms with Gasteiger partial charge in [-0.25, -0.2) is 9.97 Å². The van der Waals surface area contributed by atoms with E-state index in [1.165, 1.54) is 0 Å². The molecule has 1 aromatic heterocycles. The molecule has 4 heteroatoms. The third kappa shape index (κ3) is 2.08. The van der Waals surface area contributed by atoms with Gasteiger partial charge < -0.3 is 9.47 Å². The Hall–Kier alpha value is -1.32. The van der Waals surface area contributed by atoms with Crippen molar-refractivity contribution in [1.29, 1.82) is 0 Å². The molecule has 0 spiro atoms. The number of nitrogens with zero attached hydrogens (tertiary/aromatic N) is 2. The van der Waals surface area contributed by atoms with E-state index in [9.17, 15) is 0 Å². The van der Waals surface area contributed by atoms with Gasteiger partial charge in [-0.1, -0.05) is 0 Å². The van der Waals surface area contributed by atoms with Crippen molar-refractivity contribution in [2.45, 2.75) is 13.8 Å². The van der Waals surface area contributed by atoms with Gasteiger partial charge in [-0.05, 0) is 13.8 Å². The van der Waals surface area contributed by atoms with Gasteiger partial charge in [0, 0.05) is 12.4 Å². The second-order valence-corrected chi connectivity index (χ2v) is 2.03. The fourth-order valence-corrected chi connectivity index (χ4v) is 0.784. The highest BCUT2D eigenvalue weighted by atomic mass is 16.5. The Labute approximate surface area is 71.6 Å². The predicted octanol–water partition coefficient (Wildman–Crippen LogP) is 1.27. The van der Waals surface area contributed by atoms with Crippen LogP contribution in [-0.4, -0.2) is 23.2 Å². The molecule has 0 amide bonds. The summed E-state index contributed by atoms with van der Waals surface area (Å²) in [5.74, 6) is 0.920. The summed E-state index contributed by atoms with van der Waals surface area (Å²) in [5.41, 5.74) is 0. The van der Waals surface area contributed by atoms with E-state index in [0.717, 1.165) is 0 Å². The normalized spacial score (nSPS) is 9.50. The largest absolute Gasteiger partial charge is 0.474 e. The molecule has 1 rings (SSSR count). The van der Waals surface area contributed by atoms with Crippen LogP contribution >= 0.6 is 0 Å². The summed E-state index contributed by atoms with van der Waals surface area (Å²) in [7, 11) is 0. The summed E-state index contributed by atoms with van der Waals surface area (Å²) in [6.45, 7) is 4.92. The zero-order valence-electron chi connectivity index (χ0n) is 7.28. The Morgan fingerprint density at radius 1 is 1.00 bits per heavy atom. The van der Waals surface area contributed by atoms with Crippen molar-refractivity contribution < 1.29 is 9.47 Å². The van der Waals surface area contributed by atoms with E-state index in [-0.39, 0.29) is 0 Å². The Bertz CT molecular complexity index is 215. The molecule has 12 heavy (non-hydrogen) atoms. The van der Waals surface area contributed by atoms with Gasteiger partial charge >= 0.3 is 0 Å². The summed E-state index contributed by atoms with van der Waals surface area (Å²) in [6, 6.07) is 0.